The molecule has 0 aliphatic rings. The zero-order chi connectivity index (χ0) is 9.14. The molecule has 0 radical (unpaired) electrons. The Bertz CT molecular complexity index is 273. The molecule has 1 rings (SSSR count). The molecule has 5 N–H and O–H groups in total. The van der Waals surface area contributed by atoms with Crippen LogP contribution in [0.1, 0.15) is 24.9 Å². The van der Waals surface area contributed by atoms with Gasteiger partial charge in [-0.1, -0.05) is 6.92 Å². The SMILES string of the molecule is CCC(N)c1cc(O)ccc1N. The molecule has 0 spiro atoms. The highest BCUT2D eigenvalue weighted by Crippen LogP contribution is 2.24. The first-order valence-corrected chi connectivity index (χ1v) is 3.99. The lowest BCUT2D eigenvalue weighted by atomic mass is 10.0. The molecule has 1 atom stereocenters. The molecule has 3 heteroatoms. The summed E-state index contributed by atoms with van der Waals surface area (Å²) in [7, 11) is 0. The van der Waals surface area contributed by atoms with Gasteiger partial charge in [0.25, 0.3) is 0 Å². The third-order valence-electron chi connectivity index (χ3n) is 1.91. The smallest absolute Gasteiger partial charge is 0.116 e. The van der Waals surface area contributed by atoms with Crippen molar-refractivity contribution in [3.05, 3.63) is 23.8 Å². The maximum absolute atomic E-state index is 9.17. The van der Waals surface area contributed by atoms with Crippen molar-refractivity contribution >= 4 is 5.69 Å². The number of hydrogen-bond acceptors (Lipinski definition) is 3. The van der Waals surface area contributed by atoms with Crippen molar-refractivity contribution in [3.8, 4) is 5.75 Å². The Morgan fingerprint density at radius 2 is 2.17 bits per heavy atom. The monoisotopic (exact) mass is 166 g/mol. The van der Waals surface area contributed by atoms with E-state index in [9.17, 15) is 5.11 Å². The number of nitrogens with two attached hydrogens (primary N) is 2. The normalized spacial score (nSPS) is 12.8. The van der Waals surface area contributed by atoms with Crippen molar-refractivity contribution in [2.24, 2.45) is 5.73 Å². The van der Waals surface area contributed by atoms with Crippen molar-refractivity contribution in [2.75, 3.05) is 5.73 Å². The average molecular weight is 166 g/mol. The molecular weight excluding hydrogens is 152 g/mol. The van der Waals surface area contributed by atoms with E-state index in [1.54, 1.807) is 18.2 Å². The Balaban J connectivity index is 3.04. The second-order valence-electron chi connectivity index (χ2n) is 2.83. The molecule has 0 saturated carbocycles. The molecule has 0 aliphatic carbocycles. The molecule has 0 aromatic heterocycles. The van der Waals surface area contributed by atoms with Crippen molar-refractivity contribution in [1.29, 1.82) is 0 Å². The first-order valence-electron chi connectivity index (χ1n) is 3.99. The molecule has 0 heterocycles. The number of phenols is 1. The van der Waals surface area contributed by atoms with Gasteiger partial charge in [-0.15, -0.1) is 0 Å². The summed E-state index contributed by atoms with van der Waals surface area (Å²) in [5.74, 6) is 0.211. The first kappa shape index (κ1) is 8.87. The Hall–Kier alpha value is -1.22. The average Bonchev–Trinajstić information content (AvgIpc) is 2.08. The summed E-state index contributed by atoms with van der Waals surface area (Å²) in [6.45, 7) is 1.98. The molecule has 0 bridgehead atoms. The van der Waals surface area contributed by atoms with E-state index in [2.05, 4.69) is 0 Å². The van der Waals surface area contributed by atoms with E-state index in [-0.39, 0.29) is 11.8 Å². The third-order valence-corrected chi connectivity index (χ3v) is 1.91. The molecule has 0 aliphatic heterocycles. The van der Waals surface area contributed by atoms with E-state index >= 15 is 0 Å². The van der Waals surface area contributed by atoms with Gasteiger partial charge in [0.15, 0.2) is 0 Å². The van der Waals surface area contributed by atoms with Crippen LogP contribution in [0, 0.1) is 0 Å². The van der Waals surface area contributed by atoms with Gasteiger partial charge < -0.3 is 16.6 Å². The standard InChI is InChI=1S/C9H14N2O/c1-2-8(10)7-5-6(12)3-4-9(7)11/h3-5,8,12H,2,10-11H2,1H3. The number of rotatable bonds is 2. The number of hydrogen-bond donors (Lipinski definition) is 3. The second kappa shape index (κ2) is 3.45. The number of aromatic hydroxyl groups is 1. The van der Waals surface area contributed by atoms with Gasteiger partial charge in [0.2, 0.25) is 0 Å². The maximum atomic E-state index is 9.17. The molecular formula is C9H14N2O. The topological polar surface area (TPSA) is 72.3 Å². The minimum atomic E-state index is -0.0860. The van der Waals surface area contributed by atoms with Gasteiger partial charge in [-0.25, -0.2) is 0 Å². The van der Waals surface area contributed by atoms with Gasteiger partial charge >= 0.3 is 0 Å². The van der Waals surface area contributed by atoms with Gasteiger partial charge in [0, 0.05) is 11.7 Å². The van der Waals surface area contributed by atoms with Crippen molar-refractivity contribution in [1.82, 2.24) is 0 Å². The molecule has 66 valence electrons. The summed E-state index contributed by atoms with van der Waals surface area (Å²) in [6.07, 6.45) is 0.813. The van der Waals surface area contributed by atoms with Gasteiger partial charge in [-0.05, 0) is 30.2 Å². The molecule has 12 heavy (non-hydrogen) atoms. The second-order valence-corrected chi connectivity index (χ2v) is 2.83. The molecule has 1 unspecified atom stereocenters. The highest BCUT2D eigenvalue weighted by molar-refractivity contribution is 5.51. The summed E-state index contributed by atoms with van der Waals surface area (Å²) < 4.78 is 0. The summed E-state index contributed by atoms with van der Waals surface area (Å²) in [4.78, 5) is 0. The minimum Gasteiger partial charge on any atom is -0.508 e. The van der Waals surface area contributed by atoms with Crippen LogP contribution in [0.25, 0.3) is 0 Å². The Morgan fingerprint density at radius 3 is 2.75 bits per heavy atom. The fourth-order valence-corrected chi connectivity index (χ4v) is 1.10. The first-order chi connectivity index (χ1) is 5.65. The van der Waals surface area contributed by atoms with Crippen molar-refractivity contribution < 1.29 is 5.11 Å². The van der Waals surface area contributed by atoms with Crippen LogP contribution in [-0.4, -0.2) is 5.11 Å². The van der Waals surface area contributed by atoms with Crippen LogP contribution in [0.15, 0.2) is 18.2 Å². The van der Waals surface area contributed by atoms with Gasteiger partial charge in [0.1, 0.15) is 5.75 Å². The quantitative estimate of drug-likeness (QED) is 0.459. The predicted octanol–water partition coefficient (Wildman–Crippen LogP) is 1.38. The summed E-state index contributed by atoms with van der Waals surface area (Å²) in [5.41, 5.74) is 12.9. The lowest BCUT2D eigenvalue weighted by Gasteiger charge is -2.11. The summed E-state index contributed by atoms with van der Waals surface area (Å²) in [5, 5.41) is 9.17. The van der Waals surface area contributed by atoms with Crippen LogP contribution < -0.4 is 11.5 Å². The summed E-state index contributed by atoms with van der Waals surface area (Å²) >= 11 is 0. The van der Waals surface area contributed by atoms with E-state index in [1.807, 2.05) is 6.92 Å². The largest absolute Gasteiger partial charge is 0.508 e. The zero-order valence-corrected chi connectivity index (χ0v) is 7.12. The van der Waals surface area contributed by atoms with Gasteiger partial charge in [-0.2, -0.15) is 0 Å². The van der Waals surface area contributed by atoms with E-state index in [4.69, 9.17) is 11.5 Å². The zero-order valence-electron chi connectivity index (χ0n) is 7.12. The number of phenolic OH excluding ortho intramolecular Hbond substituents is 1. The molecule has 3 nitrogen and oxygen atoms in total. The summed E-state index contributed by atoms with van der Waals surface area (Å²) in [6, 6.07) is 4.75. The predicted molar refractivity (Wildman–Crippen MR) is 49.7 cm³/mol. The lowest BCUT2D eigenvalue weighted by molar-refractivity contribution is 0.473. The number of anilines is 1. The molecule has 0 amide bonds. The molecule has 0 saturated heterocycles. The van der Waals surface area contributed by atoms with E-state index in [0.717, 1.165) is 12.0 Å². The highest BCUT2D eigenvalue weighted by atomic mass is 16.3. The number of benzene rings is 1. The Morgan fingerprint density at radius 1 is 1.50 bits per heavy atom. The van der Waals surface area contributed by atoms with E-state index < -0.39 is 0 Å². The van der Waals surface area contributed by atoms with Crippen LogP contribution in [-0.2, 0) is 0 Å². The van der Waals surface area contributed by atoms with Crippen LogP contribution in [0.5, 0.6) is 5.75 Å². The van der Waals surface area contributed by atoms with E-state index in [0.29, 0.717) is 5.69 Å². The van der Waals surface area contributed by atoms with Crippen LogP contribution in [0.4, 0.5) is 5.69 Å². The lowest BCUT2D eigenvalue weighted by Crippen LogP contribution is -2.10. The molecule has 1 aromatic rings. The van der Waals surface area contributed by atoms with Crippen molar-refractivity contribution in [3.63, 3.8) is 0 Å². The van der Waals surface area contributed by atoms with Crippen molar-refractivity contribution in [2.45, 2.75) is 19.4 Å². The van der Waals surface area contributed by atoms with Crippen LogP contribution >= 0.6 is 0 Å². The van der Waals surface area contributed by atoms with E-state index in [1.165, 1.54) is 0 Å². The molecule has 0 fully saturated rings. The third kappa shape index (κ3) is 1.68. The fraction of sp³-hybridized carbons (Fsp3) is 0.333. The molecule has 1 aromatic carbocycles. The maximum Gasteiger partial charge on any atom is 0.116 e. The Labute approximate surface area is 72.0 Å². The minimum absolute atomic E-state index is 0.0860. The van der Waals surface area contributed by atoms with Crippen LogP contribution in [0.2, 0.25) is 0 Å². The van der Waals surface area contributed by atoms with Gasteiger partial charge in [0.05, 0.1) is 0 Å². The highest BCUT2D eigenvalue weighted by Gasteiger charge is 2.07. The fourth-order valence-electron chi connectivity index (χ4n) is 1.10. The van der Waals surface area contributed by atoms with Crippen LogP contribution in [0.3, 0.4) is 0 Å². The Kier molecular flexibility index (Phi) is 2.55. The number of nitrogen functional groups attached to an aromatic ring is 1. The van der Waals surface area contributed by atoms with Gasteiger partial charge in [-0.3, -0.25) is 0 Å².